The number of imidazole rings is 1. The molecule has 2 aromatic carbocycles. The molecular weight excluding hydrogens is 582 g/mol. The summed E-state index contributed by atoms with van der Waals surface area (Å²) in [4.78, 5) is 28.9. The highest BCUT2D eigenvalue weighted by Crippen LogP contribution is 2.34. The van der Waals surface area contributed by atoms with Gasteiger partial charge in [0.05, 0.1) is 26.8 Å². The van der Waals surface area contributed by atoms with Gasteiger partial charge in [-0.05, 0) is 24.3 Å². The Morgan fingerprint density at radius 3 is 2.30 bits per heavy atom. The third kappa shape index (κ3) is 5.67. The molecule has 0 aliphatic heterocycles. The number of rotatable bonds is 6. The lowest BCUT2D eigenvalue weighted by Gasteiger charge is -2.11. The molecule has 0 saturated carbocycles. The molecule has 2 heterocycles. The Morgan fingerprint density at radius 2 is 1.70 bits per heavy atom. The first kappa shape index (κ1) is 26.7. The molecule has 0 aliphatic carbocycles. The lowest BCUT2D eigenvalue weighted by atomic mass is 10.2. The van der Waals surface area contributed by atoms with Crippen LogP contribution < -0.4 is 15.8 Å². The number of amides is 2. The van der Waals surface area contributed by atoms with E-state index in [1.165, 1.54) is 36.4 Å². The van der Waals surface area contributed by atoms with Crippen LogP contribution in [0.4, 0.5) is 24.0 Å². The van der Waals surface area contributed by atoms with Crippen molar-refractivity contribution in [3.63, 3.8) is 0 Å². The summed E-state index contributed by atoms with van der Waals surface area (Å²) in [5.41, 5.74) is -0.571. The number of hydrogen-bond donors (Lipinski definition) is 3. The molecule has 4 aromatic rings. The van der Waals surface area contributed by atoms with E-state index in [1.54, 1.807) is 0 Å². The van der Waals surface area contributed by atoms with Crippen molar-refractivity contribution < 1.29 is 31.2 Å². The number of carbonyl (C=O) groups is 2. The number of sulfonamides is 1. The van der Waals surface area contributed by atoms with E-state index < -0.39 is 44.7 Å². The summed E-state index contributed by atoms with van der Waals surface area (Å²) >= 11 is 12.5. The van der Waals surface area contributed by atoms with Crippen LogP contribution in [0.1, 0.15) is 16.2 Å². The lowest BCUT2D eigenvalue weighted by molar-refractivity contribution is -0.147. The molecule has 0 aliphatic rings. The molecule has 0 fully saturated rings. The number of para-hydroxylation sites is 1. The summed E-state index contributed by atoms with van der Waals surface area (Å²) in [6.07, 6.45) is -4.98. The topological polar surface area (TPSA) is 162 Å². The molecular formula is C19H12Cl2F3N7O4S2. The standard InChI is InChI=1S/C19H12Cl2F3N7O4S2/c20-8-3-1-4-9(21)13(8)15(33)26-10-5-2-6-11-14(10)28-16(19(22,23)24)31(11)7-12(32)27-17-29-30-18(36-17)37(25,34)35/h1-6H,7H2,(H,26,33)(H2,25,34,35)(H,27,29,32). The second-order valence-electron chi connectivity index (χ2n) is 7.21. The van der Waals surface area contributed by atoms with Crippen LogP contribution in [-0.4, -0.2) is 40.0 Å². The Morgan fingerprint density at radius 1 is 1.05 bits per heavy atom. The fourth-order valence-corrected chi connectivity index (χ4v) is 5.12. The van der Waals surface area contributed by atoms with Crippen LogP contribution in [0.3, 0.4) is 0 Å². The summed E-state index contributed by atoms with van der Waals surface area (Å²) in [5.74, 6) is -3.19. The second kappa shape index (κ2) is 9.86. The molecule has 0 unspecified atom stereocenters. The third-order valence-corrected chi connectivity index (χ3v) is 7.45. The minimum atomic E-state index is -4.98. The van der Waals surface area contributed by atoms with E-state index in [2.05, 4.69) is 25.8 Å². The molecule has 0 spiro atoms. The zero-order chi connectivity index (χ0) is 27.1. The van der Waals surface area contributed by atoms with Crippen molar-refractivity contribution in [2.75, 3.05) is 10.6 Å². The van der Waals surface area contributed by atoms with Gasteiger partial charge in [-0.1, -0.05) is 46.7 Å². The van der Waals surface area contributed by atoms with E-state index in [4.69, 9.17) is 28.3 Å². The van der Waals surface area contributed by atoms with Crippen molar-refractivity contribution >= 4 is 78.2 Å². The number of nitrogens with two attached hydrogens (primary N) is 1. The van der Waals surface area contributed by atoms with E-state index in [0.29, 0.717) is 15.9 Å². The number of halogens is 5. The first-order valence-corrected chi connectivity index (χ1v) is 12.9. The van der Waals surface area contributed by atoms with Crippen LogP contribution in [-0.2, 0) is 27.5 Å². The van der Waals surface area contributed by atoms with Crippen molar-refractivity contribution in [1.82, 2.24) is 19.7 Å². The van der Waals surface area contributed by atoms with Gasteiger partial charge in [0.1, 0.15) is 12.1 Å². The second-order valence-corrected chi connectivity index (χ2v) is 10.7. The number of primary sulfonamides is 1. The Balaban J connectivity index is 1.69. The number of aromatic nitrogens is 4. The zero-order valence-corrected chi connectivity index (χ0v) is 21.0. The number of nitrogens with zero attached hydrogens (tertiary/aromatic N) is 4. The van der Waals surface area contributed by atoms with E-state index >= 15 is 0 Å². The molecule has 0 saturated heterocycles. The Bertz CT molecular complexity index is 1630. The third-order valence-electron chi connectivity index (χ3n) is 4.67. The molecule has 0 radical (unpaired) electrons. The number of nitrogens with one attached hydrogen (secondary N) is 2. The zero-order valence-electron chi connectivity index (χ0n) is 17.9. The summed E-state index contributed by atoms with van der Waals surface area (Å²) in [6, 6.07) is 8.29. The maximum Gasteiger partial charge on any atom is 0.449 e. The molecule has 2 aromatic heterocycles. The van der Waals surface area contributed by atoms with E-state index in [9.17, 15) is 31.2 Å². The largest absolute Gasteiger partial charge is 0.449 e. The molecule has 37 heavy (non-hydrogen) atoms. The number of alkyl halides is 3. The van der Waals surface area contributed by atoms with Crippen LogP contribution in [0.2, 0.25) is 10.0 Å². The summed E-state index contributed by atoms with van der Waals surface area (Å²) in [5, 5.41) is 16.0. The average Bonchev–Trinajstić information content (AvgIpc) is 3.39. The van der Waals surface area contributed by atoms with Gasteiger partial charge in [-0.15, -0.1) is 10.2 Å². The van der Waals surface area contributed by atoms with Crippen molar-refractivity contribution in [3.05, 3.63) is 57.8 Å². The van der Waals surface area contributed by atoms with Crippen LogP contribution in [0.25, 0.3) is 11.0 Å². The van der Waals surface area contributed by atoms with Crippen molar-refractivity contribution in [3.8, 4) is 0 Å². The fourth-order valence-electron chi connectivity index (χ4n) is 3.20. The smallest absolute Gasteiger partial charge is 0.320 e. The normalized spacial score (nSPS) is 12.1. The van der Waals surface area contributed by atoms with E-state index in [0.717, 1.165) is 0 Å². The first-order valence-electron chi connectivity index (χ1n) is 9.73. The highest BCUT2D eigenvalue weighted by Gasteiger charge is 2.38. The van der Waals surface area contributed by atoms with Gasteiger partial charge in [-0.3, -0.25) is 14.9 Å². The predicted octanol–water partition coefficient (Wildman–Crippen LogP) is 3.75. The van der Waals surface area contributed by atoms with Crippen molar-refractivity contribution in [2.45, 2.75) is 17.1 Å². The quantitative estimate of drug-likeness (QED) is 0.287. The van der Waals surface area contributed by atoms with Gasteiger partial charge in [-0.2, -0.15) is 13.2 Å². The van der Waals surface area contributed by atoms with E-state index in [1.807, 2.05) is 0 Å². The van der Waals surface area contributed by atoms with Gasteiger partial charge in [-0.25, -0.2) is 18.5 Å². The van der Waals surface area contributed by atoms with Crippen LogP contribution >= 0.6 is 34.5 Å². The minimum absolute atomic E-state index is 0.0256. The molecule has 0 bridgehead atoms. The predicted molar refractivity (Wildman–Crippen MR) is 129 cm³/mol. The fraction of sp³-hybridized carbons (Fsp3) is 0.105. The van der Waals surface area contributed by atoms with Gasteiger partial charge in [0.25, 0.3) is 15.9 Å². The molecule has 194 valence electrons. The molecule has 18 heteroatoms. The Labute approximate surface area is 219 Å². The first-order chi connectivity index (χ1) is 17.3. The molecule has 11 nitrogen and oxygen atoms in total. The molecule has 0 atom stereocenters. The Hall–Kier alpha value is -3.31. The maximum absolute atomic E-state index is 13.8. The number of fused-ring (bicyclic) bond motifs is 1. The van der Waals surface area contributed by atoms with Crippen molar-refractivity contribution in [1.29, 1.82) is 0 Å². The number of carbonyl (C=O) groups excluding carboxylic acids is 2. The summed E-state index contributed by atoms with van der Waals surface area (Å²) in [6.45, 7) is -0.886. The summed E-state index contributed by atoms with van der Waals surface area (Å²) < 4.78 is 64.1. The molecule has 4 rings (SSSR count). The van der Waals surface area contributed by atoms with Crippen LogP contribution in [0.15, 0.2) is 40.7 Å². The highest BCUT2D eigenvalue weighted by molar-refractivity contribution is 7.91. The monoisotopic (exact) mass is 593 g/mol. The number of hydrogen-bond acceptors (Lipinski definition) is 8. The SMILES string of the molecule is NS(=O)(=O)c1nnc(NC(=O)Cn2c(C(F)(F)F)nc3c(NC(=O)c4c(Cl)cccc4Cl)cccc32)s1. The molecule has 4 N–H and O–H groups in total. The maximum atomic E-state index is 13.8. The van der Waals surface area contributed by atoms with Gasteiger partial charge < -0.3 is 9.88 Å². The number of anilines is 2. The average molecular weight is 594 g/mol. The van der Waals surface area contributed by atoms with Gasteiger partial charge in [0.15, 0.2) is 0 Å². The summed E-state index contributed by atoms with van der Waals surface area (Å²) in [7, 11) is -4.18. The lowest BCUT2D eigenvalue weighted by Crippen LogP contribution is -2.23. The van der Waals surface area contributed by atoms with Gasteiger partial charge in [0, 0.05) is 0 Å². The van der Waals surface area contributed by atoms with E-state index in [-0.39, 0.29) is 37.5 Å². The minimum Gasteiger partial charge on any atom is -0.320 e. The van der Waals surface area contributed by atoms with Crippen LogP contribution in [0.5, 0.6) is 0 Å². The highest BCUT2D eigenvalue weighted by atomic mass is 35.5. The van der Waals surface area contributed by atoms with Crippen molar-refractivity contribution in [2.24, 2.45) is 5.14 Å². The van der Waals surface area contributed by atoms with Crippen LogP contribution in [0, 0.1) is 0 Å². The Kier molecular flexibility index (Phi) is 7.13. The molecule has 2 amide bonds. The van der Waals surface area contributed by atoms with Gasteiger partial charge in [0.2, 0.25) is 21.2 Å². The van der Waals surface area contributed by atoms with Gasteiger partial charge >= 0.3 is 6.18 Å². The number of benzene rings is 2.